The van der Waals surface area contributed by atoms with Crippen molar-refractivity contribution in [3.63, 3.8) is 0 Å². The van der Waals surface area contributed by atoms with Gasteiger partial charge in [-0.05, 0) is 43.7 Å². The van der Waals surface area contributed by atoms with Crippen LogP contribution in [-0.4, -0.2) is 48.9 Å². The summed E-state index contributed by atoms with van der Waals surface area (Å²) in [6.07, 6.45) is 2.12. The third-order valence-corrected chi connectivity index (χ3v) is 4.67. The molecule has 178 valence electrons. The predicted octanol–water partition coefficient (Wildman–Crippen LogP) is 0.116. The van der Waals surface area contributed by atoms with Crippen LogP contribution in [0, 0.1) is 5.92 Å². The van der Waals surface area contributed by atoms with E-state index in [4.69, 9.17) is 11.5 Å². The van der Waals surface area contributed by atoms with Crippen molar-refractivity contribution < 1.29 is 19.2 Å². The molecular formula is C22H36N6O4. The van der Waals surface area contributed by atoms with Gasteiger partial charge in [0.1, 0.15) is 12.1 Å². The van der Waals surface area contributed by atoms with Crippen molar-refractivity contribution >= 4 is 23.8 Å². The number of hydrogen-bond acceptors (Lipinski definition) is 5. The molecule has 1 aromatic carbocycles. The van der Waals surface area contributed by atoms with Crippen molar-refractivity contribution in [1.82, 2.24) is 21.3 Å². The Bertz CT molecular complexity index is 741. The Hall–Kier alpha value is -3.14. The molecule has 0 unspecified atom stereocenters. The minimum Gasteiger partial charge on any atom is -0.368 e. The molecule has 0 aliphatic carbocycles. The number of nitrogens with two attached hydrogens (primary N) is 2. The number of unbranched alkanes of at least 4 members (excludes halogenated alkanes) is 1. The lowest BCUT2D eigenvalue weighted by atomic mass is 10.0. The van der Waals surface area contributed by atoms with E-state index in [-0.39, 0.29) is 12.5 Å². The second-order valence-corrected chi connectivity index (χ2v) is 8.02. The highest BCUT2D eigenvalue weighted by atomic mass is 16.2. The molecule has 0 spiro atoms. The zero-order valence-electron chi connectivity index (χ0n) is 18.9. The summed E-state index contributed by atoms with van der Waals surface area (Å²) < 4.78 is 0. The van der Waals surface area contributed by atoms with Crippen LogP contribution in [0.4, 0.5) is 4.79 Å². The normalized spacial score (nSPS) is 12.5. The Kier molecular flexibility index (Phi) is 12.4. The molecule has 0 radical (unpaired) electrons. The first-order chi connectivity index (χ1) is 15.2. The van der Waals surface area contributed by atoms with Gasteiger partial charge in [0.25, 0.3) is 0 Å². The molecule has 0 aliphatic rings. The molecule has 8 N–H and O–H groups in total. The Labute approximate surface area is 189 Å². The number of carbonyl (C=O) groups is 4. The van der Waals surface area contributed by atoms with E-state index in [0.717, 1.165) is 5.56 Å². The van der Waals surface area contributed by atoms with Crippen molar-refractivity contribution in [2.24, 2.45) is 17.4 Å². The van der Waals surface area contributed by atoms with Crippen LogP contribution in [0.25, 0.3) is 0 Å². The summed E-state index contributed by atoms with van der Waals surface area (Å²) in [4.78, 5) is 48.5. The van der Waals surface area contributed by atoms with Gasteiger partial charge in [-0.25, -0.2) is 4.79 Å². The fourth-order valence-electron chi connectivity index (χ4n) is 3.00. The quantitative estimate of drug-likeness (QED) is 0.222. The maximum Gasteiger partial charge on any atom is 0.315 e. The van der Waals surface area contributed by atoms with Crippen molar-refractivity contribution in [1.29, 1.82) is 0 Å². The van der Waals surface area contributed by atoms with E-state index in [2.05, 4.69) is 21.3 Å². The van der Waals surface area contributed by atoms with E-state index in [9.17, 15) is 19.2 Å². The Morgan fingerprint density at radius 3 is 2.22 bits per heavy atom. The number of rotatable bonds is 14. The number of urea groups is 1. The molecule has 1 aromatic rings. The second kappa shape index (κ2) is 14.8. The first kappa shape index (κ1) is 26.9. The molecule has 2 atom stereocenters. The van der Waals surface area contributed by atoms with E-state index < -0.39 is 35.8 Å². The maximum absolute atomic E-state index is 12.6. The summed E-state index contributed by atoms with van der Waals surface area (Å²) in [5, 5.41) is 10.4. The first-order valence-corrected chi connectivity index (χ1v) is 10.9. The van der Waals surface area contributed by atoms with Crippen LogP contribution in [-0.2, 0) is 20.9 Å². The van der Waals surface area contributed by atoms with Gasteiger partial charge in [-0.15, -0.1) is 0 Å². The average Bonchev–Trinajstić information content (AvgIpc) is 2.75. The molecular weight excluding hydrogens is 412 g/mol. The molecule has 0 bridgehead atoms. The molecule has 0 aromatic heterocycles. The van der Waals surface area contributed by atoms with E-state index in [0.29, 0.717) is 38.8 Å². The van der Waals surface area contributed by atoms with Crippen LogP contribution in [0.3, 0.4) is 0 Å². The predicted molar refractivity (Wildman–Crippen MR) is 122 cm³/mol. The smallest absolute Gasteiger partial charge is 0.315 e. The minimum atomic E-state index is -0.826. The maximum atomic E-state index is 12.6. The third kappa shape index (κ3) is 11.3. The molecule has 0 saturated carbocycles. The lowest BCUT2D eigenvalue weighted by Gasteiger charge is -2.20. The largest absolute Gasteiger partial charge is 0.368 e. The fraction of sp³-hybridized carbons (Fsp3) is 0.545. The van der Waals surface area contributed by atoms with Crippen LogP contribution in [0.2, 0.25) is 0 Å². The van der Waals surface area contributed by atoms with Crippen LogP contribution >= 0.6 is 0 Å². The summed E-state index contributed by atoms with van der Waals surface area (Å²) >= 11 is 0. The highest BCUT2D eigenvalue weighted by molar-refractivity contribution is 5.92. The molecule has 10 nitrogen and oxygen atoms in total. The molecule has 5 amide bonds. The van der Waals surface area contributed by atoms with Crippen molar-refractivity contribution in [2.75, 3.05) is 13.1 Å². The standard InChI is InChI=1S/C22H36N6O4/c1-15(2)12-18(20(24)30)27-19(29)14-25-21(31)17(10-6-7-11-23)28-22(32)26-13-16-8-4-3-5-9-16/h3-5,8-9,15,17-18H,6-7,10-14,23H2,1-2H3,(H2,24,30)(H,25,31)(H,27,29)(H2,26,28,32)/t17-,18-/m0/s1. The van der Waals surface area contributed by atoms with Crippen LogP contribution in [0.15, 0.2) is 30.3 Å². The second-order valence-electron chi connectivity index (χ2n) is 8.02. The number of carbonyl (C=O) groups excluding carboxylic acids is 4. The van der Waals surface area contributed by atoms with Gasteiger partial charge in [-0.1, -0.05) is 44.2 Å². The van der Waals surface area contributed by atoms with E-state index in [1.807, 2.05) is 44.2 Å². The number of amides is 5. The van der Waals surface area contributed by atoms with Gasteiger partial charge < -0.3 is 32.7 Å². The van der Waals surface area contributed by atoms with Crippen LogP contribution in [0.5, 0.6) is 0 Å². The van der Waals surface area contributed by atoms with E-state index in [1.165, 1.54) is 0 Å². The average molecular weight is 449 g/mol. The lowest BCUT2D eigenvalue weighted by Crippen LogP contribution is -2.53. The van der Waals surface area contributed by atoms with Gasteiger partial charge in [0.15, 0.2) is 0 Å². The zero-order valence-corrected chi connectivity index (χ0v) is 18.9. The van der Waals surface area contributed by atoms with Crippen LogP contribution < -0.4 is 32.7 Å². The van der Waals surface area contributed by atoms with E-state index in [1.54, 1.807) is 0 Å². The molecule has 10 heteroatoms. The Balaban J connectivity index is 2.58. The van der Waals surface area contributed by atoms with Crippen LogP contribution in [0.1, 0.15) is 45.1 Å². The molecule has 0 aliphatic heterocycles. The van der Waals surface area contributed by atoms with Gasteiger partial charge in [0.05, 0.1) is 6.54 Å². The van der Waals surface area contributed by atoms with Crippen molar-refractivity contribution in [3.8, 4) is 0 Å². The van der Waals surface area contributed by atoms with E-state index >= 15 is 0 Å². The van der Waals surface area contributed by atoms with Gasteiger partial charge in [-0.2, -0.15) is 0 Å². The summed E-state index contributed by atoms with van der Waals surface area (Å²) in [6.45, 7) is 4.27. The minimum absolute atomic E-state index is 0.160. The molecule has 32 heavy (non-hydrogen) atoms. The molecule has 0 heterocycles. The third-order valence-electron chi connectivity index (χ3n) is 4.67. The lowest BCUT2D eigenvalue weighted by molar-refractivity contribution is -0.129. The summed E-state index contributed by atoms with van der Waals surface area (Å²) in [5.74, 6) is -1.49. The van der Waals surface area contributed by atoms with Gasteiger partial charge in [0.2, 0.25) is 17.7 Å². The van der Waals surface area contributed by atoms with Gasteiger partial charge in [0, 0.05) is 6.54 Å². The van der Waals surface area contributed by atoms with Crippen molar-refractivity contribution in [3.05, 3.63) is 35.9 Å². The molecule has 0 fully saturated rings. The number of hydrogen-bond donors (Lipinski definition) is 6. The Morgan fingerprint density at radius 2 is 1.62 bits per heavy atom. The molecule has 1 rings (SSSR count). The Morgan fingerprint density at radius 1 is 0.938 bits per heavy atom. The fourth-order valence-corrected chi connectivity index (χ4v) is 3.00. The summed E-state index contributed by atoms with van der Waals surface area (Å²) in [5.41, 5.74) is 11.8. The van der Waals surface area contributed by atoms with Gasteiger partial charge >= 0.3 is 6.03 Å². The van der Waals surface area contributed by atoms with Crippen molar-refractivity contribution in [2.45, 2.75) is 58.2 Å². The number of benzene rings is 1. The number of primary amides is 1. The highest BCUT2D eigenvalue weighted by Crippen LogP contribution is 2.04. The zero-order chi connectivity index (χ0) is 23.9. The molecule has 0 saturated heterocycles. The first-order valence-electron chi connectivity index (χ1n) is 10.9. The SMILES string of the molecule is CC(C)C[C@H](NC(=O)CNC(=O)[C@H](CCCCN)NC(=O)NCc1ccccc1)C(N)=O. The highest BCUT2D eigenvalue weighted by Gasteiger charge is 2.23. The summed E-state index contributed by atoms with van der Waals surface area (Å²) in [6, 6.07) is 7.25. The summed E-state index contributed by atoms with van der Waals surface area (Å²) in [7, 11) is 0. The monoisotopic (exact) mass is 448 g/mol. The topological polar surface area (TPSA) is 168 Å². The number of nitrogens with one attached hydrogen (secondary N) is 4. The van der Waals surface area contributed by atoms with Gasteiger partial charge in [-0.3, -0.25) is 14.4 Å².